The first-order valence-corrected chi connectivity index (χ1v) is 31.1. The van der Waals surface area contributed by atoms with Crippen LogP contribution in [-0.2, 0) is 28.6 Å². The van der Waals surface area contributed by atoms with Crippen molar-refractivity contribution in [1.82, 2.24) is 0 Å². The minimum Gasteiger partial charge on any atom is -0.462 e. The number of ether oxygens (including phenoxy) is 3. The molecule has 6 nitrogen and oxygen atoms in total. The van der Waals surface area contributed by atoms with Crippen molar-refractivity contribution in [2.75, 3.05) is 13.2 Å². The van der Waals surface area contributed by atoms with Gasteiger partial charge in [0.25, 0.3) is 0 Å². The van der Waals surface area contributed by atoms with E-state index in [2.05, 4.69) is 106 Å². The van der Waals surface area contributed by atoms with E-state index in [1.54, 1.807) is 0 Å². The zero-order chi connectivity index (χ0) is 52.9. The predicted molar refractivity (Wildman–Crippen MR) is 316 cm³/mol. The van der Waals surface area contributed by atoms with Crippen molar-refractivity contribution in [3.8, 4) is 0 Å². The van der Waals surface area contributed by atoms with Gasteiger partial charge in [-0.15, -0.1) is 0 Å². The average Bonchev–Trinajstić information content (AvgIpc) is 3.39. The van der Waals surface area contributed by atoms with Crippen molar-refractivity contribution in [2.45, 2.75) is 309 Å². The highest BCUT2D eigenvalue weighted by molar-refractivity contribution is 5.71. The van der Waals surface area contributed by atoms with Gasteiger partial charge in [0.1, 0.15) is 13.2 Å². The van der Waals surface area contributed by atoms with E-state index in [-0.39, 0.29) is 31.1 Å². The van der Waals surface area contributed by atoms with Gasteiger partial charge in [0.05, 0.1) is 0 Å². The van der Waals surface area contributed by atoms with E-state index < -0.39 is 6.10 Å². The van der Waals surface area contributed by atoms with Crippen LogP contribution in [0.25, 0.3) is 0 Å². The molecule has 0 aliphatic rings. The van der Waals surface area contributed by atoms with Crippen molar-refractivity contribution in [3.05, 3.63) is 85.1 Å². The zero-order valence-electron chi connectivity index (χ0n) is 48.1. The standard InChI is InChI=1S/C67H116O6/c1-4-7-10-13-15-17-19-21-23-25-27-29-31-32-33-34-36-37-39-41-43-45-47-49-51-54-57-60-66(69)72-63-64(62-71-65(68)59-56-53-12-9-6-3)73-67(70)61-58-55-52-50-48-46-44-42-40-38-35-30-28-26-24-22-20-18-16-14-11-8-5-2/h8,11,16,18-19,21-22,24-25,27-28,30,38,40,64H,4-7,9-10,12-15,17,20,23,26,29,31-37,39,41-63H2,1-3H3/b11-8-,18-16-,21-19-,24-22-,27-25-,30-28-,40-38-. The molecule has 0 rings (SSSR count). The van der Waals surface area contributed by atoms with Gasteiger partial charge in [0, 0.05) is 19.3 Å². The molecule has 0 aromatic carbocycles. The molecular weight excluding hydrogens is 901 g/mol. The lowest BCUT2D eigenvalue weighted by molar-refractivity contribution is -0.167. The van der Waals surface area contributed by atoms with E-state index in [0.29, 0.717) is 19.3 Å². The quantitative estimate of drug-likeness (QED) is 0.0261. The molecule has 420 valence electrons. The van der Waals surface area contributed by atoms with Crippen molar-refractivity contribution in [2.24, 2.45) is 0 Å². The fraction of sp³-hybridized carbons (Fsp3) is 0.746. The third kappa shape index (κ3) is 59.3. The molecule has 0 saturated carbocycles. The van der Waals surface area contributed by atoms with Crippen LogP contribution in [0.3, 0.4) is 0 Å². The molecule has 6 heteroatoms. The smallest absolute Gasteiger partial charge is 0.306 e. The van der Waals surface area contributed by atoms with Crippen LogP contribution in [0.5, 0.6) is 0 Å². The summed E-state index contributed by atoms with van der Waals surface area (Å²) >= 11 is 0. The molecule has 0 aromatic rings. The second-order valence-electron chi connectivity index (χ2n) is 20.6. The lowest BCUT2D eigenvalue weighted by atomic mass is 10.0. The van der Waals surface area contributed by atoms with Crippen molar-refractivity contribution in [1.29, 1.82) is 0 Å². The average molecular weight is 1020 g/mol. The Morgan fingerprint density at radius 1 is 0.288 bits per heavy atom. The van der Waals surface area contributed by atoms with Gasteiger partial charge in [0.2, 0.25) is 0 Å². The number of hydrogen-bond acceptors (Lipinski definition) is 6. The van der Waals surface area contributed by atoms with Gasteiger partial charge in [-0.3, -0.25) is 14.4 Å². The Labute approximate surface area is 452 Å². The summed E-state index contributed by atoms with van der Waals surface area (Å²) in [6.07, 6.45) is 80.6. The van der Waals surface area contributed by atoms with Gasteiger partial charge in [0.15, 0.2) is 6.10 Å². The van der Waals surface area contributed by atoms with Gasteiger partial charge >= 0.3 is 17.9 Å². The van der Waals surface area contributed by atoms with Crippen LogP contribution < -0.4 is 0 Å². The van der Waals surface area contributed by atoms with Crippen LogP contribution >= 0.6 is 0 Å². The molecule has 0 fully saturated rings. The number of unbranched alkanes of at least 4 members (excludes halogenated alkanes) is 31. The van der Waals surface area contributed by atoms with Gasteiger partial charge in [-0.05, 0) is 96.3 Å². The Morgan fingerprint density at radius 3 is 0.836 bits per heavy atom. The maximum Gasteiger partial charge on any atom is 0.306 e. The summed E-state index contributed by atoms with van der Waals surface area (Å²) in [6, 6.07) is 0. The molecule has 73 heavy (non-hydrogen) atoms. The summed E-state index contributed by atoms with van der Waals surface area (Å²) in [5.41, 5.74) is 0. The van der Waals surface area contributed by atoms with Crippen LogP contribution in [0.1, 0.15) is 303 Å². The van der Waals surface area contributed by atoms with Crippen LogP contribution in [0, 0.1) is 0 Å². The summed E-state index contributed by atoms with van der Waals surface area (Å²) in [5, 5.41) is 0. The molecule has 0 bridgehead atoms. The van der Waals surface area contributed by atoms with Crippen molar-refractivity contribution in [3.63, 3.8) is 0 Å². The molecule has 0 aromatic heterocycles. The van der Waals surface area contributed by atoms with Crippen LogP contribution in [-0.4, -0.2) is 37.2 Å². The summed E-state index contributed by atoms with van der Waals surface area (Å²) in [5.74, 6) is -0.897. The Bertz CT molecular complexity index is 1400. The Hall–Kier alpha value is -3.41. The van der Waals surface area contributed by atoms with E-state index in [4.69, 9.17) is 14.2 Å². The number of carbonyl (C=O) groups is 3. The van der Waals surface area contributed by atoms with Gasteiger partial charge in [-0.1, -0.05) is 273 Å². The summed E-state index contributed by atoms with van der Waals surface area (Å²) in [7, 11) is 0. The fourth-order valence-electron chi connectivity index (χ4n) is 8.74. The number of hydrogen-bond donors (Lipinski definition) is 0. The summed E-state index contributed by atoms with van der Waals surface area (Å²) in [6.45, 7) is 6.45. The van der Waals surface area contributed by atoms with Crippen molar-refractivity contribution >= 4 is 17.9 Å². The molecule has 1 unspecified atom stereocenters. The molecule has 0 aliphatic heterocycles. The number of allylic oxidation sites excluding steroid dienone is 14. The lowest BCUT2D eigenvalue weighted by Crippen LogP contribution is -2.30. The molecule has 0 radical (unpaired) electrons. The molecule has 0 N–H and O–H groups in total. The van der Waals surface area contributed by atoms with Crippen LogP contribution in [0.15, 0.2) is 85.1 Å². The molecule has 0 heterocycles. The van der Waals surface area contributed by atoms with E-state index >= 15 is 0 Å². The second-order valence-corrected chi connectivity index (χ2v) is 20.6. The molecule has 0 saturated heterocycles. The van der Waals surface area contributed by atoms with Crippen LogP contribution in [0.4, 0.5) is 0 Å². The van der Waals surface area contributed by atoms with Crippen LogP contribution in [0.2, 0.25) is 0 Å². The van der Waals surface area contributed by atoms with Gasteiger partial charge < -0.3 is 14.2 Å². The number of carbonyl (C=O) groups excluding carboxylic acids is 3. The van der Waals surface area contributed by atoms with E-state index in [1.807, 2.05) is 0 Å². The largest absolute Gasteiger partial charge is 0.462 e. The highest BCUT2D eigenvalue weighted by Gasteiger charge is 2.19. The summed E-state index contributed by atoms with van der Waals surface area (Å²) < 4.78 is 16.8. The Balaban J connectivity index is 4.06. The first-order chi connectivity index (χ1) is 36.0. The molecule has 0 spiro atoms. The monoisotopic (exact) mass is 1020 g/mol. The Morgan fingerprint density at radius 2 is 0.534 bits per heavy atom. The highest BCUT2D eigenvalue weighted by atomic mass is 16.6. The fourth-order valence-corrected chi connectivity index (χ4v) is 8.74. The minimum absolute atomic E-state index is 0.0797. The topological polar surface area (TPSA) is 78.9 Å². The second kappa shape index (κ2) is 61.1. The van der Waals surface area contributed by atoms with Gasteiger partial charge in [-0.25, -0.2) is 0 Å². The number of esters is 3. The molecule has 0 amide bonds. The Kier molecular flexibility index (Phi) is 58.3. The third-order valence-corrected chi connectivity index (χ3v) is 13.4. The first kappa shape index (κ1) is 69.6. The summed E-state index contributed by atoms with van der Waals surface area (Å²) in [4.78, 5) is 37.9. The maximum atomic E-state index is 12.8. The van der Waals surface area contributed by atoms with E-state index in [9.17, 15) is 14.4 Å². The molecule has 1 atom stereocenters. The van der Waals surface area contributed by atoms with Crippen molar-refractivity contribution < 1.29 is 28.6 Å². The lowest BCUT2D eigenvalue weighted by Gasteiger charge is -2.18. The third-order valence-electron chi connectivity index (χ3n) is 13.4. The zero-order valence-corrected chi connectivity index (χ0v) is 48.1. The normalized spacial score (nSPS) is 12.6. The van der Waals surface area contributed by atoms with E-state index in [1.165, 1.54) is 154 Å². The van der Waals surface area contributed by atoms with E-state index in [0.717, 1.165) is 109 Å². The minimum atomic E-state index is -0.779. The first-order valence-electron chi connectivity index (χ1n) is 31.1. The SMILES string of the molecule is CC/C=C\C/C=C\C/C=C\C/C=C\C/C=C\CCCCCCCCCC(=O)OC(COC(=O)CCCCCCC)COC(=O)CCCCCCCCCCCCCCCCC/C=C\C/C=C\CCCCCCC. The molecule has 0 aliphatic carbocycles. The number of rotatable bonds is 56. The highest BCUT2D eigenvalue weighted by Crippen LogP contribution is 2.16. The molecular formula is C67H116O6. The predicted octanol–water partition coefficient (Wildman–Crippen LogP) is 21.1. The van der Waals surface area contributed by atoms with Gasteiger partial charge in [-0.2, -0.15) is 0 Å². The maximum absolute atomic E-state index is 12.8.